The summed E-state index contributed by atoms with van der Waals surface area (Å²) in [6, 6.07) is 48.0. The molecule has 520 valence electrons. The van der Waals surface area contributed by atoms with Crippen molar-refractivity contribution in [1.82, 2.24) is 0 Å². The van der Waals surface area contributed by atoms with Crippen LogP contribution in [0.25, 0.3) is 56.3 Å². The van der Waals surface area contributed by atoms with Crippen molar-refractivity contribution in [3.05, 3.63) is 266 Å². The normalized spacial score (nSPS) is 17.5. The molecule has 5 aromatic heterocycles. The van der Waals surface area contributed by atoms with Crippen LogP contribution in [0, 0.1) is 34.6 Å². The highest BCUT2D eigenvalue weighted by atomic mass is 14.9. The monoisotopic (exact) mass is 1330 g/mol. The van der Waals surface area contributed by atoms with Crippen LogP contribution in [-0.2, 0) is 86.3 Å². The molecular formula is C92H132N5+5. The van der Waals surface area contributed by atoms with E-state index in [1.807, 2.05) is 124 Å². The number of hydrogen-bond acceptors (Lipinski definition) is 0. The van der Waals surface area contributed by atoms with Crippen molar-refractivity contribution >= 4 is 0 Å². The van der Waals surface area contributed by atoms with E-state index in [1.54, 1.807) is 90.3 Å². The lowest BCUT2D eigenvalue weighted by molar-refractivity contribution is -0.661. The third-order valence-corrected chi connectivity index (χ3v) is 17.0. The van der Waals surface area contributed by atoms with Crippen LogP contribution in [0.4, 0.5) is 0 Å². The largest absolute Gasteiger partial charge is 0.212 e. The highest BCUT2D eigenvalue weighted by Crippen LogP contribution is 2.30. The average molecular weight is 1330 g/mol. The van der Waals surface area contributed by atoms with Gasteiger partial charge in [-0.2, -0.15) is 0 Å². The van der Waals surface area contributed by atoms with Gasteiger partial charge in [0.05, 0.1) is 0 Å². The lowest BCUT2D eigenvalue weighted by atomic mass is 9.91. The molecule has 10 aromatic rings. The number of rotatable bonds is 13. The highest BCUT2D eigenvalue weighted by Gasteiger charge is 2.23. The second kappa shape index (κ2) is 40.5. The number of pyridine rings is 5. The van der Waals surface area contributed by atoms with E-state index < -0.39 is 88.6 Å². The molecule has 0 amide bonds. The zero-order chi connectivity index (χ0) is 89.4. The second-order valence-electron chi connectivity index (χ2n) is 23.5. The predicted molar refractivity (Wildman–Crippen MR) is 424 cm³/mol. The molecule has 5 aromatic carbocycles. The molecule has 0 N–H and O–H groups in total. The molecule has 2 atom stereocenters. The molecule has 0 fully saturated rings. The van der Waals surface area contributed by atoms with Gasteiger partial charge >= 0.3 is 0 Å². The molecular weight excluding hydrogens is 1180 g/mol. The van der Waals surface area contributed by atoms with Gasteiger partial charge in [0.2, 0.25) is 28.5 Å². The van der Waals surface area contributed by atoms with Crippen molar-refractivity contribution in [2.24, 2.45) is 35.2 Å². The Kier molecular flexibility index (Phi) is 21.4. The van der Waals surface area contributed by atoms with E-state index in [1.165, 1.54) is 101 Å². The van der Waals surface area contributed by atoms with Gasteiger partial charge in [0.25, 0.3) is 0 Å². The van der Waals surface area contributed by atoms with Gasteiger partial charge in [-0.1, -0.05) is 197 Å². The number of hydrogen-bond donors (Lipinski definition) is 0. The standard InChI is InChI=1S/2C18H24N.C17H20N.2C17H22N.5CH4/c1-6-15-12-19(5)18(11-17(15)13(2)3)16-10-8-7-9-14(16)4;1-6-15-11-18(16-10-8-7-9-14(16)4)19(5)12-17(15)13(2)3;1-13-7-3-6-10-16(13)17-11-14-8-4-5-9-15(14)12-18(17)2;2*1-5-14-11-17(18(4)12-15(14)6-2)16-10-8-7-9-13(16)3;;;;;/h2*7-13H,6H2,1-5H3;3,6-7,10-12H,4-5,8-9H2,1-2H3;2*7-12H,5-6H2,1-4H3;5*1H4/q5*+1;;;;;/i2*2D3,6D2,13D;;1D3,2D3,5D2,6D2;5D2,6D2;;;;;. The maximum absolute atomic E-state index is 8.48. The minimum absolute atomic E-state index is 0. The van der Waals surface area contributed by atoms with Crippen molar-refractivity contribution in [1.29, 1.82) is 0 Å². The van der Waals surface area contributed by atoms with Crippen LogP contribution in [0.5, 0.6) is 0 Å². The SMILES string of the molecule is C.C.C.C.C.Cc1ccccc1-c1cc2c(c[n+]1C)CCCC2.[2H]C([2H])(C)c1c[n+](C)c(-c2ccccc2C)cc1C([2H])(C)C([2H])([2H])[2H].[2H]C([2H])(C)c1cc(-c2ccccc2C)[n+](C)cc1C([2H])(C)C([2H])([2H])[2H].[2H]C([2H])(C)c1cc(-c2ccccc2C)[n+](C)cc1C([2H])([2H])C.[2H]C([2H])([2H])C([2H])([2H])c1cc(-c2ccccc2C)[n+](C)cc1C([2H])([2H])C([2H])([2H])[2H]. The Hall–Kier alpha value is -8.15. The Morgan fingerprint density at radius 1 is 0.340 bits per heavy atom. The quantitative estimate of drug-likeness (QED) is 0.103. The summed E-state index contributed by atoms with van der Waals surface area (Å²) in [4.78, 5) is 0. The fraction of sp³-hybridized carbons (Fsp3) is 0.402. The Balaban J connectivity index is 0.000000518. The number of aromatic nitrogens is 5. The first-order valence-electron chi connectivity index (χ1n) is 44.3. The summed E-state index contributed by atoms with van der Waals surface area (Å²) in [6.45, 7) is 6.97. The van der Waals surface area contributed by atoms with E-state index in [4.69, 9.17) is 35.6 Å². The van der Waals surface area contributed by atoms with Crippen molar-refractivity contribution in [3.63, 3.8) is 0 Å². The van der Waals surface area contributed by atoms with Gasteiger partial charge in [-0.15, -0.1) is 0 Å². The van der Waals surface area contributed by atoms with Crippen molar-refractivity contribution in [2.45, 2.75) is 216 Å². The van der Waals surface area contributed by atoms with Crippen molar-refractivity contribution in [3.8, 4) is 56.3 Å². The summed E-state index contributed by atoms with van der Waals surface area (Å²) in [6.07, 6.45) is 0.951. The molecule has 5 heteroatoms. The Labute approximate surface area is 630 Å². The minimum Gasteiger partial charge on any atom is -0.201 e. The van der Waals surface area contributed by atoms with Crippen molar-refractivity contribution < 1.29 is 58.5 Å². The number of fused-ring (bicyclic) bond motifs is 1. The molecule has 1 aliphatic carbocycles. The van der Waals surface area contributed by atoms with Gasteiger partial charge in [0, 0.05) is 122 Å². The predicted octanol–water partition coefficient (Wildman–Crippen LogP) is 22.1. The lowest BCUT2D eigenvalue weighted by Gasteiger charge is -2.15. The third-order valence-electron chi connectivity index (χ3n) is 17.0. The van der Waals surface area contributed by atoms with Crippen LogP contribution in [0.15, 0.2) is 183 Å². The first kappa shape index (κ1) is 51.1. The van der Waals surface area contributed by atoms with E-state index in [-0.39, 0.29) is 59.4 Å². The Morgan fingerprint density at radius 3 is 1.00 bits per heavy atom. The maximum atomic E-state index is 8.48. The molecule has 97 heavy (non-hydrogen) atoms. The molecule has 0 saturated carbocycles. The first-order chi connectivity index (χ1) is 53.8. The number of aryl methyl sites for hydroxylation is 18. The molecule has 0 radical (unpaired) electrons. The summed E-state index contributed by atoms with van der Waals surface area (Å²) in [5, 5.41) is 0. The van der Waals surface area contributed by atoms with E-state index >= 15 is 0 Å². The number of benzene rings is 5. The molecule has 11 rings (SSSR count). The molecule has 2 unspecified atom stereocenters. The van der Waals surface area contributed by atoms with E-state index in [2.05, 4.69) is 55.1 Å². The molecule has 0 bridgehead atoms. The third kappa shape index (κ3) is 21.4. The van der Waals surface area contributed by atoms with Gasteiger partial charge in [-0.3, -0.25) is 0 Å². The van der Waals surface area contributed by atoms with Gasteiger partial charge < -0.3 is 0 Å². The van der Waals surface area contributed by atoms with Crippen LogP contribution >= 0.6 is 0 Å². The second-order valence-corrected chi connectivity index (χ2v) is 23.5. The number of nitrogens with zero attached hydrogens (tertiary/aromatic N) is 5. The molecule has 5 nitrogen and oxygen atoms in total. The van der Waals surface area contributed by atoms with Crippen LogP contribution < -0.4 is 22.8 Å². The van der Waals surface area contributed by atoms with Gasteiger partial charge in [-0.05, 0) is 196 Å². The zero-order valence-electron chi connectivity index (χ0n) is 82.9. The molecule has 0 aliphatic heterocycles. The van der Waals surface area contributed by atoms with Gasteiger partial charge in [-0.25, -0.2) is 22.8 Å². The molecule has 1 aliphatic rings. The summed E-state index contributed by atoms with van der Waals surface area (Å²) in [7, 11) is 9.20. The molecule has 0 saturated heterocycles. The fourth-order valence-electron chi connectivity index (χ4n) is 11.7. The van der Waals surface area contributed by atoms with Crippen molar-refractivity contribution in [2.75, 3.05) is 0 Å². The summed E-state index contributed by atoms with van der Waals surface area (Å²) in [5.74, 6) is -3.83. The van der Waals surface area contributed by atoms with E-state index in [9.17, 15) is 0 Å². The average Bonchev–Trinajstić information content (AvgIpc) is 0.730. The van der Waals surface area contributed by atoms with Crippen LogP contribution in [-0.4, -0.2) is 0 Å². The topological polar surface area (TPSA) is 19.4 Å². The highest BCUT2D eigenvalue weighted by molar-refractivity contribution is 5.65. The Morgan fingerprint density at radius 2 is 0.629 bits per heavy atom. The summed E-state index contributed by atoms with van der Waals surface area (Å²) >= 11 is 0. The Bertz CT molecular complexity index is 5240. The molecule has 0 spiro atoms. The van der Waals surface area contributed by atoms with Crippen LogP contribution in [0.2, 0.25) is 0 Å². The van der Waals surface area contributed by atoms with Crippen LogP contribution in [0.3, 0.4) is 0 Å². The minimum atomic E-state index is -3.12. The molecule has 5 heterocycles. The van der Waals surface area contributed by atoms with Gasteiger partial charge in [0.15, 0.2) is 31.0 Å². The van der Waals surface area contributed by atoms with E-state index in [0.29, 0.717) is 22.4 Å². The first-order valence-corrected chi connectivity index (χ1v) is 31.3. The smallest absolute Gasteiger partial charge is 0.201 e. The fourth-order valence-corrected chi connectivity index (χ4v) is 11.7. The lowest BCUT2D eigenvalue weighted by Crippen LogP contribution is -2.32. The van der Waals surface area contributed by atoms with Crippen LogP contribution in [0.1, 0.15) is 250 Å². The van der Waals surface area contributed by atoms with E-state index in [0.717, 1.165) is 56.0 Å². The zero-order valence-corrected chi connectivity index (χ0v) is 56.9. The van der Waals surface area contributed by atoms with Gasteiger partial charge in [0.1, 0.15) is 35.2 Å². The summed E-state index contributed by atoms with van der Waals surface area (Å²) in [5.41, 5.74) is 18.2. The maximum Gasteiger partial charge on any atom is 0.212 e. The summed E-state index contributed by atoms with van der Waals surface area (Å²) < 4.78 is 215.